The van der Waals surface area contributed by atoms with Crippen LogP contribution in [0.25, 0.3) is 16.9 Å². The highest BCUT2D eigenvalue weighted by atomic mass is 32.1. The molecule has 0 atom stereocenters. The number of pyridine rings is 1. The molecule has 0 fully saturated rings. The fourth-order valence-electron chi connectivity index (χ4n) is 3.35. The van der Waals surface area contributed by atoms with E-state index in [2.05, 4.69) is 32.4 Å². The lowest BCUT2D eigenvalue weighted by atomic mass is 10.2. The van der Waals surface area contributed by atoms with Crippen molar-refractivity contribution < 1.29 is 4.79 Å². The van der Waals surface area contributed by atoms with Gasteiger partial charge in [-0.25, -0.2) is 15.0 Å². The lowest BCUT2D eigenvalue weighted by molar-refractivity contribution is 0.0946. The zero-order valence-corrected chi connectivity index (χ0v) is 17.4. The van der Waals surface area contributed by atoms with E-state index in [1.165, 1.54) is 16.9 Å². The number of fused-ring (bicyclic) bond motifs is 1. The summed E-state index contributed by atoms with van der Waals surface area (Å²) in [5, 5.41) is 5.65. The first-order chi connectivity index (χ1) is 15.3. The average molecular weight is 426 g/mol. The summed E-state index contributed by atoms with van der Waals surface area (Å²) in [5.41, 5.74) is 4.48. The monoisotopic (exact) mass is 425 g/mol. The SMILES string of the molecule is O=C(NCc1ccc(-n2cnc3ccccc32)nc1)c1csc(Cc2ccccc2)n1. The van der Waals surface area contributed by atoms with E-state index in [4.69, 9.17) is 0 Å². The molecule has 0 radical (unpaired) electrons. The molecule has 2 aromatic carbocycles. The van der Waals surface area contributed by atoms with Crippen LogP contribution in [0, 0.1) is 0 Å². The van der Waals surface area contributed by atoms with E-state index in [-0.39, 0.29) is 5.91 Å². The maximum Gasteiger partial charge on any atom is 0.271 e. The van der Waals surface area contributed by atoms with Gasteiger partial charge in [0.15, 0.2) is 0 Å². The van der Waals surface area contributed by atoms with Gasteiger partial charge in [0.05, 0.1) is 16.0 Å². The third-order valence-electron chi connectivity index (χ3n) is 4.95. The van der Waals surface area contributed by atoms with Crippen molar-refractivity contribution in [3.05, 3.63) is 106 Å². The summed E-state index contributed by atoms with van der Waals surface area (Å²) >= 11 is 1.50. The number of para-hydroxylation sites is 2. The summed E-state index contributed by atoms with van der Waals surface area (Å²) in [5.74, 6) is 0.606. The molecule has 1 amide bonds. The van der Waals surface area contributed by atoms with Gasteiger partial charge in [0.2, 0.25) is 0 Å². The smallest absolute Gasteiger partial charge is 0.271 e. The summed E-state index contributed by atoms with van der Waals surface area (Å²) in [6, 6.07) is 21.9. The Balaban J connectivity index is 1.22. The van der Waals surface area contributed by atoms with Crippen LogP contribution in [0.1, 0.15) is 26.6 Å². The van der Waals surface area contributed by atoms with E-state index in [0.717, 1.165) is 33.8 Å². The number of nitrogens with one attached hydrogen (secondary N) is 1. The summed E-state index contributed by atoms with van der Waals surface area (Å²) < 4.78 is 1.95. The van der Waals surface area contributed by atoms with Crippen molar-refractivity contribution in [1.82, 2.24) is 24.8 Å². The molecule has 0 saturated heterocycles. The van der Waals surface area contributed by atoms with Crippen molar-refractivity contribution in [3.63, 3.8) is 0 Å². The molecule has 7 heteroatoms. The van der Waals surface area contributed by atoms with Crippen molar-refractivity contribution in [2.75, 3.05) is 0 Å². The molecule has 5 rings (SSSR count). The molecule has 3 aromatic heterocycles. The number of nitrogens with zero attached hydrogens (tertiary/aromatic N) is 4. The van der Waals surface area contributed by atoms with E-state index in [9.17, 15) is 4.79 Å². The van der Waals surface area contributed by atoms with Crippen LogP contribution in [0.15, 0.2) is 84.6 Å². The normalized spacial score (nSPS) is 11.0. The molecule has 0 aliphatic rings. The predicted octanol–water partition coefficient (Wildman–Crippen LogP) is 4.40. The average Bonchev–Trinajstić information content (AvgIpc) is 3.46. The molecule has 5 aromatic rings. The summed E-state index contributed by atoms with van der Waals surface area (Å²) in [7, 11) is 0. The molecule has 1 N–H and O–H groups in total. The molecule has 0 bridgehead atoms. The number of hydrogen-bond acceptors (Lipinski definition) is 5. The predicted molar refractivity (Wildman–Crippen MR) is 121 cm³/mol. The molecule has 152 valence electrons. The maximum atomic E-state index is 12.5. The summed E-state index contributed by atoms with van der Waals surface area (Å²) in [4.78, 5) is 25.9. The Morgan fingerprint density at radius 2 is 1.77 bits per heavy atom. The van der Waals surface area contributed by atoms with Crippen molar-refractivity contribution in [2.45, 2.75) is 13.0 Å². The number of hydrogen-bond donors (Lipinski definition) is 1. The Morgan fingerprint density at radius 3 is 2.61 bits per heavy atom. The van der Waals surface area contributed by atoms with E-state index >= 15 is 0 Å². The molecule has 3 heterocycles. The molecular formula is C24H19N5OS. The molecule has 0 aliphatic carbocycles. The van der Waals surface area contributed by atoms with E-state index in [1.807, 2.05) is 59.2 Å². The maximum absolute atomic E-state index is 12.5. The second-order valence-corrected chi connectivity index (χ2v) is 8.04. The van der Waals surface area contributed by atoms with Gasteiger partial charge in [0.25, 0.3) is 5.91 Å². The third-order valence-corrected chi connectivity index (χ3v) is 5.79. The largest absolute Gasteiger partial charge is 0.347 e. The fraction of sp³-hybridized carbons (Fsp3) is 0.0833. The van der Waals surface area contributed by atoms with E-state index < -0.39 is 0 Å². The van der Waals surface area contributed by atoms with Crippen molar-refractivity contribution in [3.8, 4) is 5.82 Å². The van der Waals surface area contributed by atoms with Gasteiger partial charge in [-0.05, 0) is 29.3 Å². The molecular weight excluding hydrogens is 406 g/mol. The number of aromatic nitrogens is 4. The van der Waals surface area contributed by atoms with Crippen molar-refractivity contribution in [2.24, 2.45) is 0 Å². The minimum absolute atomic E-state index is 0.180. The first kappa shape index (κ1) is 19.1. The number of imidazole rings is 1. The first-order valence-corrected chi connectivity index (χ1v) is 10.8. The van der Waals surface area contributed by atoms with Gasteiger partial charge in [-0.2, -0.15) is 0 Å². The zero-order chi connectivity index (χ0) is 21.0. The van der Waals surface area contributed by atoms with Crippen LogP contribution < -0.4 is 5.32 Å². The zero-order valence-electron chi connectivity index (χ0n) is 16.6. The van der Waals surface area contributed by atoms with Crippen molar-refractivity contribution in [1.29, 1.82) is 0 Å². The number of thiazole rings is 1. The van der Waals surface area contributed by atoms with Gasteiger partial charge in [0.1, 0.15) is 17.8 Å². The molecule has 0 saturated carbocycles. The Hall–Kier alpha value is -3.84. The first-order valence-electron chi connectivity index (χ1n) is 9.90. The highest BCUT2D eigenvalue weighted by molar-refractivity contribution is 7.09. The van der Waals surface area contributed by atoms with Gasteiger partial charge in [-0.3, -0.25) is 9.36 Å². The van der Waals surface area contributed by atoms with Crippen LogP contribution in [0.5, 0.6) is 0 Å². The van der Waals surface area contributed by atoms with Gasteiger partial charge in [0, 0.05) is 24.5 Å². The van der Waals surface area contributed by atoms with E-state index in [0.29, 0.717) is 12.2 Å². The highest BCUT2D eigenvalue weighted by Gasteiger charge is 2.11. The number of amides is 1. The summed E-state index contributed by atoms with van der Waals surface area (Å²) in [6.07, 6.45) is 4.27. The van der Waals surface area contributed by atoms with Crippen LogP contribution >= 0.6 is 11.3 Å². The number of rotatable bonds is 6. The van der Waals surface area contributed by atoms with Crippen LogP contribution in [-0.4, -0.2) is 25.4 Å². The van der Waals surface area contributed by atoms with Crippen LogP contribution in [-0.2, 0) is 13.0 Å². The fourth-order valence-corrected chi connectivity index (χ4v) is 4.15. The minimum atomic E-state index is -0.180. The molecule has 0 unspecified atom stereocenters. The second kappa shape index (κ2) is 8.49. The molecule has 6 nitrogen and oxygen atoms in total. The van der Waals surface area contributed by atoms with Crippen LogP contribution in [0.2, 0.25) is 0 Å². The van der Waals surface area contributed by atoms with Crippen molar-refractivity contribution >= 4 is 28.3 Å². The van der Waals surface area contributed by atoms with Crippen LogP contribution in [0.3, 0.4) is 0 Å². The lowest BCUT2D eigenvalue weighted by Crippen LogP contribution is -2.23. The van der Waals surface area contributed by atoms with E-state index in [1.54, 1.807) is 17.9 Å². The standard InChI is InChI=1S/C24H19N5OS/c30-24(20-15-31-23(28-20)12-17-6-2-1-3-7-17)26-14-18-10-11-22(25-13-18)29-16-27-19-8-4-5-9-21(19)29/h1-11,13,15-16H,12,14H2,(H,26,30). The van der Waals surface area contributed by atoms with Gasteiger partial charge < -0.3 is 5.32 Å². The Labute approximate surface area is 183 Å². The Kier molecular flexibility index (Phi) is 5.24. The van der Waals surface area contributed by atoms with Gasteiger partial charge in [-0.15, -0.1) is 11.3 Å². The third kappa shape index (κ3) is 4.22. The number of carbonyl (C=O) groups is 1. The molecule has 0 spiro atoms. The van der Waals surface area contributed by atoms with Gasteiger partial charge >= 0.3 is 0 Å². The lowest BCUT2D eigenvalue weighted by Gasteiger charge is -2.06. The molecule has 31 heavy (non-hydrogen) atoms. The topological polar surface area (TPSA) is 72.7 Å². The molecule has 0 aliphatic heterocycles. The summed E-state index contributed by atoms with van der Waals surface area (Å²) in [6.45, 7) is 0.391. The number of carbonyl (C=O) groups excluding carboxylic acids is 1. The minimum Gasteiger partial charge on any atom is -0.347 e. The highest BCUT2D eigenvalue weighted by Crippen LogP contribution is 2.17. The number of benzene rings is 2. The second-order valence-electron chi connectivity index (χ2n) is 7.10. The Morgan fingerprint density at radius 1 is 0.935 bits per heavy atom. The quantitative estimate of drug-likeness (QED) is 0.438. The Bertz CT molecular complexity index is 1330. The van der Waals surface area contributed by atoms with Crippen LogP contribution in [0.4, 0.5) is 0 Å². The van der Waals surface area contributed by atoms with Gasteiger partial charge in [-0.1, -0.05) is 48.5 Å².